The van der Waals surface area contributed by atoms with Crippen LogP contribution in [-0.2, 0) is 21.3 Å². The third-order valence-corrected chi connectivity index (χ3v) is 6.28. The Bertz CT molecular complexity index is 945. The molecule has 6 nitrogen and oxygen atoms in total. The van der Waals surface area contributed by atoms with Crippen LogP contribution in [0.4, 0.5) is 4.39 Å². The lowest BCUT2D eigenvalue weighted by Gasteiger charge is -2.13. The van der Waals surface area contributed by atoms with E-state index in [0.717, 1.165) is 18.4 Å². The zero-order chi connectivity index (χ0) is 20.1. The summed E-state index contributed by atoms with van der Waals surface area (Å²) < 4.78 is 46.0. The molecule has 3 rings (SSSR count). The van der Waals surface area contributed by atoms with Gasteiger partial charge in [-0.05, 0) is 48.7 Å². The second kappa shape index (κ2) is 9.00. The van der Waals surface area contributed by atoms with Crippen LogP contribution in [0.1, 0.15) is 28.8 Å². The number of rotatable bonds is 7. The van der Waals surface area contributed by atoms with E-state index in [1.807, 2.05) is 0 Å². The van der Waals surface area contributed by atoms with E-state index in [0.29, 0.717) is 6.61 Å². The maximum absolute atomic E-state index is 12.9. The van der Waals surface area contributed by atoms with Crippen molar-refractivity contribution in [1.29, 1.82) is 0 Å². The Hall–Kier alpha value is -2.00. The predicted octanol–water partition coefficient (Wildman–Crippen LogP) is 2.87. The average molecular weight is 427 g/mol. The number of halogens is 2. The number of amides is 1. The number of benzene rings is 2. The summed E-state index contributed by atoms with van der Waals surface area (Å²) in [4.78, 5) is 12.2. The van der Waals surface area contributed by atoms with Crippen molar-refractivity contribution >= 4 is 27.5 Å². The van der Waals surface area contributed by atoms with Crippen LogP contribution in [0.5, 0.6) is 0 Å². The summed E-state index contributed by atoms with van der Waals surface area (Å²) in [5.74, 6) is -0.824. The Kier molecular flexibility index (Phi) is 6.66. The van der Waals surface area contributed by atoms with Crippen molar-refractivity contribution in [2.24, 2.45) is 0 Å². The van der Waals surface area contributed by atoms with Crippen LogP contribution >= 0.6 is 11.6 Å². The lowest BCUT2D eigenvalue weighted by Crippen LogP contribution is -2.32. The first-order valence-corrected chi connectivity index (χ1v) is 10.6. The minimum atomic E-state index is -3.89. The molecule has 0 bridgehead atoms. The van der Waals surface area contributed by atoms with Gasteiger partial charge in [-0.2, -0.15) is 0 Å². The van der Waals surface area contributed by atoms with E-state index < -0.39 is 15.9 Å². The quantitative estimate of drug-likeness (QED) is 0.713. The number of carbonyl (C=O) groups is 1. The van der Waals surface area contributed by atoms with Crippen LogP contribution in [0.2, 0.25) is 5.02 Å². The highest BCUT2D eigenvalue weighted by atomic mass is 35.5. The molecule has 1 heterocycles. The van der Waals surface area contributed by atoms with E-state index in [-0.39, 0.29) is 40.5 Å². The SMILES string of the molecule is O=C(NCc1ccc(F)cc1)c1ccc(Cl)c(S(=O)(=O)NCC2CCCO2)c1. The highest BCUT2D eigenvalue weighted by Crippen LogP contribution is 2.23. The lowest BCUT2D eigenvalue weighted by molar-refractivity contribution is 0.0950. The molecule has 1 atom stereocenters. The fourth-order valence-corrected chi connectivity index (χ4v) is 4.41. The van der Waals surface area contributed by atoms with Crippen LogP contribution in [0.3, 0.4) is 0 Å². The van der Waals surface area contributed by atoms with E-state index in [1.165, 1.54) is 30.3 Å². The maximum Gasteiger partial charge on any atom is 0.251 e. The Morgan fingerprint density at radius 2 is 1.96 bits per heavy atom. The summed E-state index contributed by atoms with van der Waals surface area (Å²) in [5, 5.41) is 2.69. The minimum absolute atomic E-state index is 0.0231. The van der Waals surface area contributed by atoms with Gasteiger partial charge in [-0.3, -0.25) is 4.79 Å². The normalized spacial score (nSPS) is 16.9. The monoisotopic (exact) mass is 426 g/mol. The van der Waals surface area contributed by atoms with Crippen molar-refractivity contribution in [2.45, 2.75) is 30.4 Å². The molecule has 2 aromatic carbocycles. The fraction of sp³-hybridized carbons (Fsp3) is 0.316. The summed E-state index contributed by atoms with van der Waals surface area (Å²) >= 11 is 6.05. The van der Waals surface area contributed by atoms with Crippen LogP contribution in [0.15, 0.2) is 47.4 Å². The third kappa shape index (κ3) is 5.29. The molecule has 9 heteroatoms. The van der Waals surface area contributed by atoms with Crippen molar-refractivity contribution in [2.75, 3.05) is 13.2 Å². The molecule has 1 fully saturated rings. The third-order valence-electron chi connectivity index (χ3n) is 4.37. The summed E-state index contributed by atoms with van der Waals surface area (Å²) in [6.07, 6.45) is 1.54. The van der Waals surface area contributed by atoms with Gasteiger partial charge >= 0.3 is 0 Å². The molecule has 0 spiro atoms. The highest BCUT2D eigenvalue weighted by Gasteiger charge is 2.23. The molecule has 28 heavy (non-hydrogen) atoms. The topological polar surface area (TPSA) is 84.5 Å². The van der Waals surface area contributed by atoms with Crippen molar-refractivity contribution in [3.05, 3.63) is 64.4 Å². The van der Waals surface area contributed by atoms with Gasteiger partial charge in [0.1, 0.15) is 10.7 Å². The van der Waals surface area contributed by atoms with Gasteiger partial charge in [-0.1, -0.05) is 23.7 Å². The molecular formula is C19H20ClFN2O4S. The number of carbonyl (C=O) groups excluding carboxylic acids is 1. The van der Waals surface area contributed by atoms with Gasteiger partial charge in [0.2, 0.25) is 10.0 Å². The second-order valence-corrected chi connectivity index (χ2v) is 8.58. The van der Waals surface area contributed by atoms with E-state index in [4.69, 9.17) is 16.3 Å². The average Bonchev–Trinajstić information content (AvgIpc) is 3.20. The smallest absolute Gasteiger partial charge is 0.251 e. The van der Waals surface area contributed by atoms with Crippen molar-refractivity contribution in [1.82, 2.24) is 10.0 Å². The zero-order valence-corrected chi connectivity index (χ0v) is 16.5. The Balaban J connectivity index is 1.68. The lowest BCUT2D eigenvalue weighted by atomic mass is 10.2. The fourth-order valence-electron chi connectivity index (χ4n) is 2.82. The molecular weight excluding hydrogens is 407 g/mol. The molecule has 1 saturated heterocycles. The Morgan fingerprint density at radius 1 is 1.21 bits per heavy atom. The summed E-state index contributed by atoms with van der Waals surface area (Å²) in [6.45, 7) is 0.956. The van der Waals surface area contributed by atoms with Crippen LogP contribution in [-0.4, -0.2) is 33.6 Å². The van der Waals surface area contributed by atoms with E-state index in [2.05, 4.69) is 10.0 Å². The largest absolute Gasteiger partial charge is 0.377 e. The first kappa shape index (κ1) is 20.7. The first-order chi connectivity index (χ1) is 13.3. The Labute approximate surface area is 168 Å². The summed E-state index contributed by atoms with van der Waals surface area (Å²) in [7, 11) is -3.89. The molecule has 2 N–H and O–H groups in total. The predicted molar refractivity (Wildman–Crippen MR) is 103 cm³/mol. The molecule has 1 aliphatic heterocycles. The van der Waals surface area contributed by atoms with Gasteiger partial charge in [0, 0.05) is 25.3 Å². The van der Waals surface area contributed by atoms with Crippen LogP contribution in [0.25, 0.3) is 0 Å². The van der Waals surface area contributed by atoms with Gasteiger partial charge in [0.15, 0.2) is 0 Å². The van der Waals surface area contributed by atoms with Gasteiger partial charge in [0.25, 0.3) is 5.91 Å². The molecule has 1 amide bonds. The molecule has 0 saturated carbocycles. The second-order valence-electron chi connectivity index (χ2n) is 6.44. The Morgan fingerprint density at radius 3 is 2.64 bits per heavy atom. The molecule has 0 aliphatic carbocycles. The standard InChI is InChI=1S/C19H20ClFN2O4S/c20-17-8-5-14(19(24)22-11-13-3-6-15(21)7-4-13)10-18(17)28(25,26)23-12-16-2-1-9-27-16/h3-8,10,16,23H,1-2,9,11-12H2,(H,22,24). The molecule has 0 radical (unpaired) electrons. The maximum atomic E-state index is 12.9. The van der Waals surface area contributed by atoms with Crippen molar-refractivity contribution < 1.29 is 22.3 Å². The van der Waals surface area contributed by atoms with Gasteiger partial charge in [0.05, 0.1) is 11.1 Å². The van der Waals surface area contributed by atoms with E-state index in [1.54, 1.807) is 12.1 Å². The first-order valence-electron chi connectivity index (χ1n) is 8.78. The van der Waals surface area contributed by atoms with Crippen LogP contribution < -0.4 is 10.0 Å². The number of hydrogen-bond donors (Lipinski definition) is 2. The van der Waals surface area contributed by atoms with Gasteiger partial charge in [-0.15, -0.1) is 0 Å². The van der Waals surface area contributed by atoms with Gasteiger partial charge < -0.3 is 10.1 Å². The highest BCUT2D eigenvalue weighted by molar-refractivity contribution is 7.89. The summed E-state index contributed by atoms with van der Waals surface area (Å²) in [6, 6.07) is 9.77. The van der Waals surface area contributed by atoms with Crippen molar-refractivity contribution in [3.63, 3.8) is 0 Å². The van der Waals surface area contributed by atoms with E-state index in [9.17, 15) is 17.6 Å². The van der Waals surface area contributed by atoms with Gasteiger partial charge in [-0.25, -0.2) is 17.5 Å². The molecule has 0 aromatic heterocycles. The zero-order valence-electron chi connectivity index (χ0n) is 15.0. The molecule has 1 aliphatic rings. The molecule has 1 unspecified atom stereocenters. The summed E-state index contributed by atoms with van der Waals surface area (Å²) in [5.41, 5.74) is 0.874. The number of nitrogens with one attached hydrogen (secondary N) is 2. The van der Waals surface area contributed by atoms with Crippen LogP contribution in [0, 0.1) is 5.82 Å². The van der Waals surface area contributed by atoms with Crippen molar-refractivity contribution in [3.8, 4) is 0 Å². The number of hydrogen-bond acceptors (Lipinski definition) is 4. The van der Waals surface area contributed by atoms with E-state index >= 15 is 0 Å². The molecule has 2 aromatic rings. The minimum Gasteiger partial charge on any atom is -0.377 e. The molecule has 150 valence electrons. The number of ether oxygens (including phenoxy) is 1. The number of sulfonamides is 1.